The number of methoxy groups -OCH3 is 1. The van der Waals surface area contributed by atoms with E-state index in [1.807, 2.05) is 23.1 Å². The Morgan fingerprint density at radius 2 is 2.14 bits per heavy atom. The van der Waals surface area contributed by atoms with Crippen LogP contribution in [0.2, 0.25) is 0 Å². The fourth-order valence-electron chi connectivity index (χ4n) is 5.57. The minimum absolute atomic E-state index is 0.0668. The Morgan fingerprint density at radius 1 is 1.34 bits per heavy atom. The average Bonchev–Trinajstić information content (AvgIpc) is 2.75. The van der Waals surface area contributed by atoms with Crippen LogP contribution in [0.25, 0.3) is 0 Å². The molecule has 1 aromatic rings. The summed E-state index contributed by atoms with van der Waals surface area (Å²) >= 11 is 0. The van der Waals surface area contributed by atoms with Gasteiger partial charge in [0.15, 0.2) is 0 Å². The Kier molecular flexibility index (Phi) is 5.79. The van der Waals surface area contributed by atoms with E-state index in [1.165, 1.54) is 0 Å². The third kappa shape index (κ3) is 3.85. The number of nitrogens with zero attached hydrogens (tertiary/aromatic N) is 2. The van der Waals surface area contributed by atoms with E-state index < -0.39 is 6.04 Å². The van der Waals surface area contributed by atoms with Crippen molar-refractivity contribution in [3.05, 3.63) is 29.8 Å². The highest BCUT2D eigenvalue weighted by Crippen LogP contribution is 2.42. The van der Waals surface area contributed by atoms with Gasteiger partial charge in [-0.25, -0.2) is 0 Å². The molecule has 3 saturated heterocycles. The van der Waals surface area contributed by atoms with Gasteiger partial charge < -0.3 is 25.4 Å². The minimum Gasteiger partial charge on any atom is -0.497 e. The molecule has 2 bridgehead atoms. The van der Waals surface area contributed by atoms with Gasteiger partial charge >= 0.3 is 0 Å². The molecule has 1 aromatic carbocycles. The Bertz CT molecular complexity index is 770. The number of aliphatic hydroxyl groups is 1. The monoisotopic (exact) mass is 401 g/mol. The zero-order chi connectivity index (χ0) is 20.5. The highest BCUT2D eigenvalue weighted by atomic mass is 16.5. The number of carbonyl (C=O) groups is 2. The number of piperidine rings is 3. The smallest absolute Gasteiger partial charge is 0.241 e. The van der Waals surface area contributed by atoms with Gasteiger partial charge in [-0.3, -0.25) is 9.59 Å². The maximum Gasteiger partial charge on any atom is 0.241 e. The van der Waals surface area contributed by atoms with E-state index in [2.05, 4.69) is 11.0 Å². The minimum atomic E-state index is -0.866. The third-order valence-electron chi connectivity index (χ3n) is 6.90. The number of hydrogen-bond acceptors (Lipinski definition) is 5. The number of fused-ring (bicyclic) bond motifs is 4. The first kappa shape index (κ1) is 20.2. The van der Waals surface area contributed by atoms with Crippen LogP contribution in [0.3, 0.4) is 0 Å². The van der Waals surface area contributed by atoms with Crippen molar-refractivity contribution in [1.82, 2.24) is 9.80 Å². The molecule has 158 valence electrons. The van der Waals surface area contributed by atoms with Gasteiger partial charge in [-0.2, -0.15) is 0 Å². The lowest BCUT2D eigenvalue weighted by Crippen LogP contribution is -2.66. The van der Waals surface area contributed by atoms with Gasteiger partial charge in [0.2, 0.25) is 11.8 Å². The second-order valence-corrected chi connectivity index (χ2v) is 8.67. The summed E-state index contributed by atoms with van der Waals surface area (Å²) in [6.45, 7) is 0.878. The molecule has 0 spiro atoms. The topological polar surface area (TPSA) is 96.1 Å². The maximum atomic E-state index is 12.9. The lowest BCUT2D eigenvalue weighted by atomic mass is 9.70. The first-order valence-corrected chi connectivity index (χ1v) is 10.6. The highest BCUT2D eigenvalue weighted by Gasteiger charge is 2.50. The summed E-state index contributed by atoms with van der Waals surface area (Å²) in [5, 5.41) is 9.32. The Hall–Kier alpha value is -2.12. The van der Waals surface area contributed by atoms with Gasteiger partial charge in [0.1, 0.15) is 11.8 Å². The molecule has 3 aliphatic heterocycles. The van der Waals surface area contributed by atoms with E-state index in [0.717, 1.165) is 37.0 Å². The van der Waals surface area contributed by atoms with Gasteiger partial charge in [-0.1, -0.05) is 12.1 Å². The van der Waals surface area contributed by atoms with Crippen LogP contribution in [0.5, 0.6) is 5.75 Å². The van der Waals surface area contributed by atoms with Gasteiger partial charge in [-0.15, -0.1) is 0 Å². The summed E-state index contributed by atoms with van der Waals surface area (Å²) in [4.78, 5) is 29.6. The van der Waals surface area contributed by atoms with Crippen molar-refractivity contribution in [3.63, 3.8) is 0 Å². The number of rotatable bonds is 5. The predicted molar refractivity (Wildman–Crippen MR) is 108 cm³/mol. The quantitative estimate of drug-likeness (QED) is 0.760. The summed E-state index contributed by atoms with van der Waals surface area (Å²) in [6, 6.07) is 7.39. The van der Waals surface area contributed by atoms with Crippen LogP contribution in [-0.2, 0) is 16.0 Å². The molecule has 7 heteroatoms. The largest absolute Gasteiger partial charge is 0.497 e. The van der Waals surface area contributed by atoms with Crippen LogP contribution in [-0.4, -0.2) is 71.7 Å². The Balaban J connectivity index is 1.62. The molecule has 2 amide bonds. The summed E-state index contributed by atoms with van der Waals surface area (Å²) in [6.07, 6.45) is 4.30. The molecule has 29 heavy (non-hydrogen) atoms. The number of likely N-dealkylation sites (tertiary alicyclic amines) is 1. The lowest BCUT2D eigenvalue weighted by Gasteiger charge is -2.57. The van der Waals surface area contributed by atoms with Crippen molar-refractivity contribution in [1.29, 1.82) is 0 Å². The van der Waals surface area contributed by atoms with E-state index >= 15 is 0 Å². The summed E-state index contributed by atoms with van der Waals surface area (Å²) in [5.41, 5.74) is 6.96. The standard InChI is InChI=1S/C22H31N3O4/c1-29-17-5-2-4-14(8-17)9-20-16-10-15(19-6-3-7-21(27)25(19)20)11-24(12-16)22(28)18(23)13-26/h2,4-5,8,15-16,18-20,26H,3,6-7,9-13,23H2,1H3/t15-,16+,18+,19+,20+/m1/s1. The third-order valence-corrected chi connectivity index (χ3v) is 6.90. The molecule has 0 saturated carbocycles. The fourth-order valence-corrected chi connectivity index (χ4v) is 5.57. The summed E-state index contributed by atoms with van der Waals surface area (Å²) < 4.78 is 5.37. The number of amides is 2. The Morgan fingerprint density at radius 3 is 2.90 bits per heavy atom. The SMILES string of the molecule is COc1cccc(C[C@H]2[C@H]3C[C@H](CN(C(=O)[C@@H](N)CO)C3)[C@@H]3CCCC(=O)N32)c1. The predicted octanol–water partition coefficient (Wildman–Crippen LogP) is 0.785. The zero-order valence-corrected chi connectivity index (χ0v) is 17.0. The van der Waals surface area contributed by atoms with Crippen LogP contribution in [0, 0.1) is 11.8 Å². The number of ether oxygens (including phenoxy) is 1. The first-order chi connectivity index (χ1) is 14.0. The normalized spacial score (nSPS) is 30.0. The molecule has 4 rings (SSSR count). The van der Waals surface area contributed by atoms with Gasteiger partial charge in [-0.05, 0) is 55.2 Å². The first-order valence-electron chi connectivity index (χ1n) is 10.6. The van der Waals surface area contributed by atoms with Crippen molar-refractivity contribution in [3.8, 4) is 5.75 Å². The molecule has 3 heterocycles. The Labute approximate surface area is 171 Å². The molecule has 0 aromatic heterocycles. The molecule has 3 aliphatic rings. The molecule has 7 nitrogen and oxygen atoms in total. The molecule has 0 aliphatic carbocycles. The second-order valence-electron chi connectivity index (χ2n) is 8.67. The van der Waals surface area contributed by atoms with E-state index in [9.17, 15) is 14.7 Å². The van der Waals surface area contributed by atoms with Gasteiger partial charge in [0.25, 0.3) is 0 Å². The lowest BCUT2D eigenvalue weighted by molar-refractivity contribution is -0.156. The summed E-state index contributed by atoms with van der Waals surface area (Å²) in [5.74, 6) is 1.38. The number of nitrogens with two attached hydrogens (primary N) is 1. The molecule has 0 radical (unpaired) electrons. The molecule has 3 N–H and O–H groups in total. The second kappa shape index (κ2) is 8.32. The van der Waals surface area contributed by atoms with Crippen LogP contribution in [0.15, 0.2) is 24.3 Å². The molecule has 5 atom stereocenters. The maximum absolute atomic E-state index is 12.9. The number of aliphatic hydroxyl groups excluding tert-OH is 1. The van der Waals surface area contributed by atoms with Crippen molar-refractivity contribution >= 4 is 11.8 Å². The van der Waals surface area contributed by atoms with Gasteiger partial charge in [0, 0.05) is 31.6 Å². The number of carbonyl (C=O) groups excluding carboxylic acids is 2. The highest BCUT2D eigenvalue weighted by molar-refractivity contribution is 5.82. The van der Waals surface area contributed by atoms with Crippen LogP contribution in [0.4, 0.5) is 0 Å². The molecular weight excluding hydrogens is 370 g/mol. The van der Waals surface area contributed by atoms with Crippen molar-refractivity contribution in [2.45, 2.75) is 50.2 Å². The van der Waals surface area contributed by atoms with Crippen molar-refractivity contribution in [2.24, 2.45) is 17.6 Å². The van der Waals surface area contributed by atoms with E-state index in [0.29, 0.717) is 19.5 Å². The fraction of sp³-hybridized carbons (Fsp3) is 0.636. The van der Waals surface area contributed by atoms with E-state index in [1.54, 1.807) is 7.11 Å². The van der Waals surface area contributed by atoms with Gasteiger partial charge in [0.05, 0.1) is 13.7 Å². The molecule has 0 unspecified atom stereocenters. The summed E-state index contributed by atoms with van der Waals surface area (Å²) in [7, 11) is 1.66. The van der Waals surface area contributed by atoms with E-state index in [-0.39, 0.29) is 42.3 Å². The zero-order valence-electron chi connectivity index (χ0n) is 17.0. The van der Waals surface area contributed by atoms with Crippen LogP contribution in [0.1, 0.15) is 31.2 Å². The van der Waals surface area contributed by atoms with Crippen LogP contribution < -0.4 is 10.5 Å². The average molecular weight is 402 g/mol. The molecular formula is C22H31N3O4. The van der Waals surface area contributed by atoms with Crippen molar-refractivity contribution < 1.29 is 19.4 Å². The van der Waals surface area contributed by atoms with Crippen LogP contribution >= 0.6 is 0 Å². The van der Waals surface area contributed by atoms with E-state index in [4.69, 9.17) is 10.5 Å². The van der Waals surface area contributed by atoms with Crippen molar-refractivity contribution in [2.75, 3.05) is 26.8 Å². The molecule has 3 fully saturated rings. The number of hydrogen-bond donors (Lipinski definition) is 2. The number of benzene rings is 1.